The Morgan fingerprint density at radius 3 is 2.33 bits per heavy atom. The van der Waals surface area contributed by atoms with Crippen LogP contribution in [0.4, 0.5) is 0 Å². The third-order valence-corrected chi connectivity index (χ3v) is 3.52. The van der Waals surface area contributed by atoms with E-state index < -0.39 is 0 Å². The van der Waals surface area contributed by atoms with E-state index in [1.807, 2.05) is 0 Å². The van der Waals surface area contributed by atoms with Crippen LogP contribution in [0.15, 0.2) is 0 Å². The zero-order chi connectivity index (χ0) is 7.28. The molecule has 0 aliphatic rings. The molecule has 0 heterocycles. The summed E-state index contributed by atoms with van der Waals surface area (Å²) in [6.45, 7) is 5.84. The van der Waals surface area contributed by atoms with E-state index in [1.165, 1.54) is 13.0 Å². The first kappa shape index (κ1) is 9.69. The van der Waals surface area contributed by atoms with Gasteiger partial charge >= 0.3 is 0 Å². The number of hydrogen-bond acceptors (Lipinski definition) is 0. The van der Waals surface area contributed by atoms with E-state index in [0.717, 1.165) is 9.84 Å². The highest BCUT2D eigenvalue weighted by atomic mass is 127. The Labute approximate surface area is 71.7 Å². The van der Waals surface area contributed by atoms with E-state index >= 15 is 0 Å². The van der Waals surface area contributed by atoms with Crippen LogP contribution in [0.2, 0.25) is 0 Å². The van der Waals surface area contributed by atoms with Gasteiger partial charge in [0.1, 0.15) is 0 Å². The van der Waals surface area contributed by atoms with Crippen molar-refractivity contribution in [3.63, 3.8) is 0 Å². The first-order valence-electron chi connectivity index (χ1n) is 3.60. The fourth-order valence-electron chi connectivity index (χ4n) is 0.659. The highest BCUT2D eigenvalue weighted by molar-refractivity contribution is 14.1. The Bertz CT molecular complexity index is 63.9. The molecule has 0 saturated carbocycles. The Kier molecular flexibility index (Phi) is 5.89. The van der Waals surface area contributed by atoms with Crippen molar-refractivity contribution >= 4 is 22.6 Å². The summed E-state index contributed by atoms with van der Waals surface area (Å²) >= 11 is 2.53. The minimum Gasteiger partial charge on any atom is -0.349 e. The van der Waals surface area contributed by atoms with Crippen LogP contribution in [0.5, 0.6) is 0 Å². The van der Waals surface area contributed by atoms with E-state index in [2.05, 4.69) is 48.8 Å². The van der Waals surface area contributed by atoms with Gasteiger partial charge < -0.3 is 5.32 Å². The van der Waals surface area contributed by atoms with Crippen molar-refractivity contribution in [3.8, 4) is 0 Å². The van der Waals surface area contributed by atoms with Gasteiger partial charge in [-0.1, -0.05) is 36.4 Å². The summed E-state index contributed by atoms with van der Waals surface area (Å²) in [4.78, 5) is 0. The van der Waals surface area contributed by atoms with Crippen molar-refractivity contribution in [1.82, 2.24) is 0 Å². The van der Waals surface area contributed by atoms with E-state index in [0.29, 0.717) is 0 Å². The van der Waals surface area contributed by atoms with Crippen LogP contribution in [-0.2, 0) is 0 Å². The predicted molar refractivity (Wildman–Crippen MR) is 50.0 cm³/mol. The highest BCUT2D eigenvalue weighted by Crippen LogP contribution is 2.14. The third-order valence-electron chi connectivity index (χ3n) is 1.45. The first-order chi connectivity index (χ1) is 4.18. The van der Waals surface area contributed by atoms with E-state index in [9.17, 15) is 0 Å². The lowest BCUT2D eigenvalue weighted by atomic mass is 10.1. The van der Waals surface area contributed by atoms with Gasteiger partial charge in [-0.15, -0.1) is 0 Å². The van der Waals surface area contributed by atoms with E-state index in [4.69, 9.17) is 0 Å². The Morgan fingerprint density at radius 2 is 2.00 bits per heavy atom. The second-order valence-corrected chi connectivity index (χ2v) is 4.35. The van der Waals surface area contributed by atoms with Gasteiger partial charge in [0.2, 0.25) is 0 Å². The fraction of sp³-hybridized carbons (Fsp3) is 1.00. The van der Waals surface area contributed by atoms with Crippen LogP contribution >= 0.6 is 22.6 Å². The molecule has 0 aromatic rings. The molecule has 1 nitrogen and oxygen atoms in total. The predicted octanol–water partition coefficient (Wildman–Crippen LogP) is 1.03. The average Bonchev–Trinajstić information content (AvgIpc) is 1.82. The topological polar surface area (TPSA) is 16.6 Å². The van der Waals surface area contributed by atoms with Crippen LogP contribution in [0.25, 0.3) is 0 Å². The molecular formula is C7H17IN+. The molecule has 0 amide bonds. The summed E-state index contributed by atoms with van der Waals surface area (Å²) in [6.07, 6.45) is 1.34. The van der Waals surface area contributed by atoms with Crippen molar-refractivity contribution in [2.45, 2.75) is 24.2 Å². The third kappa shape index (κ3) is 5.15. The molecule has 0 aromatic heterocycles. The molecule has 2 N–H and O–H groups in total. The van der Waals surface area contributed by atoms with Gasteiger partial charge in [-0.2, -0.15) is 0 Å². The molecule has 1 atom stereocenters. The fourth-order valence-corrected chi connectivity index (χ4v) is 1.02. The molecule has 0 aliphatic heterocycles. The minimum absolute atomic E-state index is 0.838. The molecule has 0 aromatic carbocycles. The minimum atomic E-state index is 0.838. The molecule has 0 spiro atoms. The van der Waals surface area contributed by atoms with Gasteiger partial charge in [0.25, 0.3) is 0 Å². The van der Waals surface area contributed by atoms with Crippen LogP contribution in [0, 0.1) is 5.92 Å². The van der Waals surface area contributed by atoms with Gasteiger partial charge in [-0.25, -0.2) is 0 Å². The SMILES string of the molecule is C[NH2+]CC[C@@H](I)C(C)C. The number of halogens is 1. The summed E-state index contributed by atoms with van der Waals surface area (Å²) in [7, 11) is 2.13. The number of alkyl halides is 1. The van der Waals surface area contributed by atoms with Crippen molar-refractivity contribution in [3.05, 3.63) is 0 Å². The van der Waals surface area contributed by atoms with Gasteiger partial charge in [-0.05, 0) is 5.92 Å². The smallest absolute Gasteiger partial charge is 0.0763 e. The molecule has 0 rings (SSSR count). The number of rotatable bonds is 4. The lowest BCUT2D eigenvalue weighted by Gasteiger charge is -2.10. The van der Waals surface area contributed by atoms with Crippen molar-refractivity contribution in [2.24, 2.45) is 5.92 Å². The summed E-state index contributed by atoms with van der Waals surface area (Å²) in [5, 5.41) is 2.24. The maximum atomic E-state index is 2.53. The van der Waals surface area contributed by atoms with Crippen LogP contribution < -0.4 is 5.32 Å². The number of nitrogens with two attached hydrogens (primary N) is 1. The molecular weight excluding hydrogens is 225 g/mol. The first-order valence-corrected chi connectivity index (χ1v) is 4.85. The lowest BCUT2D eigenvalue weighted by molar-refractivity contribution is -0.627. The van der Waals surface area contributed by atoms with Crippen LogP contribution in [-0.4, -0.2) is 17.5 Å². The largest absolute Gasteiger partial charge is 0.349 e. The standard InChI is InChI=1S/C7H16IN/c1-6(2)7(8)4-5-9-3/h6-7,9H,4-5H2,1-3H3/p+1/t7-/m1/s1. The zero-order valence-electron chi connectivity index (χ0n) is 6.52. The molecule has 0 radical (unpaired) electrons. The second-order valence-electron chi connectivity index (χ2n) is 2.75. The summed E-state index contributed by atoms with van der Waals surface area (Å²) in [5.74, 6) is 0.838. The summed E-state index contributed by atoms with van der Waals surface area (Å²) < 4.78 is 0.860. The van der Waals surface area contributed by atoms with Gasteiger partial charge in [0.05, 0.1) is 13.6 Å². The van der Waals surface area contributed by atoms with Crippen LogP contribution in [0.3, 0.4) is 0 Å². The second kappa shape index (κ2) is 5.47. The summed E-state index contributed by atoms with van der Waals surface area (Å²) in [6, 6.07) is 0. The average molecular weight is 242 g/mol. The van der Waals surface area contributed by atoms with Gasteiger partial charge in [0.15, 0.2) is 0 Å². The van der Waals surface area contributed by atoms with Crippen LogP contribution in [0.1, 0.15) is 20.3 Å². The quantitative estimate of drug-likeness (QED) is 0.560. The maximum absolute atomic E-state index is 2.53. The Hall–Kier alpha value is 0.690. The van der Waals surface area contributed by atoms with Gasteiger partial charge in [-0.3, -0.25) is 0 Å². The molecule has 0 unspecified atom stereocenters. The Morgan fingerprint density at radius 1 is 1.44 bits per heavy atom. The maximum Gasteiger partial charge on any atom is 0.0763 e. The zero-order valence-corrected chi connectivity index (χ0v) is 8.68. The van der Waals surface area contributed by atoms with E-state index in [-0.39, 0.29) is 0 Å². The monoisotopic (exact) mass is 242 g/mol. The van der Waals surface area contributed by atoms with Crippen molar-refractivity contribution in [1.29, 1.82) is 0 Å². The molecule has 0 fully saturated rings. The molecule has 2 heteroatoms. The molecule has 0 saturated heterocycles. The van der Waals surface area contributed by atoms with Crippen molar-refractivity contribution in [2.75, 3.05) is 13.6 Å². The number of quaternary nitrogens is 1. The lowest BCUT2D eigenvalue weighted by Crippen LogP contribution is -2.80. The number of hydrogen-bond donors (Lipinski definition) is 1. The molecule has 0 bridgehead atoms. The molecule has 9 heavy (non-hydrogen) atoms. The van der Waals surface area contributed by atoms with E-state index in [1.54, 1.807) is 0 Å². The molecule has 0 aliphatic carbocycles. The highest BCUT2D eigenvalue weighted by Gasteiger charge is 2.07. The summed E-state index contributed by atoms with van der Waals surface area (Å²) in [5.41, 5.74) is 0. The van der Waals surface area contributed by atoms with Gasteiger partial charge in [0, 0.05) is 10.3 Å². The van der Waals surface area contributed by atoms with Crippen molar-refractivity contribution < 1.29 is 5.32 Å². The Balaban J connectivity index is 3.16. The molecule has 56 valence electrons. The normalized spacial score (nSPS) is 14.3.